The molecule has 0 saturated heterocycles. The highest BCUT2D eigenvalue weighted by Crippen LogP contribution is 2.41. The van der Waals surface area contributed by atoms with Gasteiger partial charge in [-0.05, 0) is 53.2 Å². The van der Waals surface area contributed by atoms with Crippen LogP contribution < -0.4 is 10.2 Å². The topological polar surface area (TPSA) is 54.4 Å². The van der Waals surface area contributed by atoms with Crippen molar-refractivity contribution >= 4 is 73.0 Å². The fourth-order valence-corrected chi connectivity index (χ4v) is 5.32. The number of aromatic nitrogens is 1. The Hall–Kier alpha value is -5.03. The molecule has 5 nitrogen and oxygen atoms in total. The molecule has 0 fully saturated rings. The molecule has 0 saturated carbocycles. The molecule has 0 unspecified atom stereocenters. The molecule has 0 radical (unpaired) electrons. The first-order valence-electron chi connectivity index (χ1n) is 12.4. The summed E-state index contributed by atoms with van der Waals surface area (Å²) in [6.45, 7) is 0.768. The number of furan rings is 2. The Balaban J connectivity index is 1.35. The monoisotopic (exact) mass is 479 g/mol. The van der Waals surface area contributed by atoms with Crippen LogP contribution >= 0.6 is 0 Å². The summed E-state index contributed by atoms with van der Waals surface area (Å²) in [5.41, 5.74) is 5.34. The number of pyridine rings is 1. The van der Waals surface area contributed by atoms with Gasteiger partial charge in [0.05, 0.1) is 5.69 Å². The standard InChI is InChI=1S/C32H21N3O2/c1-2-7-21-18-22(12-11-20(21)6-1)35(23-13-14-25-26-9-5-17-33-31(26)37-29(25)19-23)30-16-15-27-24-8-3-4-10-28(24)36-32(27)34-30/h1-16,18-19,33H,17H2. The summed E-state index contributed by atoms with van der Waals surface area (Å²) in [5.74, 6) is 1.59. The van der Waals surface area contributed by atoms with Crippen LogP contribution in [0.2, 0.25) is 0 Å². The number of para-hydroxylation sites is 1. The molecule has 1 aliphatic rings. The van der Waals surface area contributed by atoms with Crippen molar-refractivity contribution in [1.82, 2.24) is 4.98 Å². The number of fused-ring (bicyclic) bond motifs is 7. The SMILES string of the molecule is C1=Cc2c(oc3cc(N(c4ccc5ccccc5c4)c4ccc5c(n4)oc4ccccc45)ccc23)NC1. The molecule has 0 atom stereocenters. The van der Waals surface area contributed by atoms with Crippen molar-refractivity contribution in [2.45, 2.75) is 0 Å². The smallest absolute Gasteiger partial charge is 0.229 e. The van der Waals surface area contributed by atoms with E-state index in [1.807, 2.05) is 18.2 Å². The summed E-state index contributed by atoms with van der Waals surface area (Å²) in [4.78, 5) is 7.15. The molecule has 4 heterocycles. The van der Waals surface area contributed by atoms with Gasteiger partial charge < -0.3 is 14.2 Å². The van der Waals surface area contributed by atoms with Crippen LogP contribution in [0.25, 0.3) is 49.9 Å². The first-order valence-corrected chi connectivity index (χ1v) is 12.4. The van der Waals surface area contributed by atoms with E-state index in [2.05, 4.69) is 101 Å². The van der Waals surface area contributed by atoms with Crippen molar-refractivity contribution in [3.05, 3.63) is 109 Å². The molecule has 8 rings (SSSR count). The predicted octanol–water partition coefficient (Wildman–Crippen LogP) is 8.79. The van der Waals surface area contributed by atoms with Crippen molar-refractivity contribution in [2.24, 2.45) is 0 Å². The molecule has 37 heavy (non-hydrogen) atoms. The second-order valence-electron chi connectivity index (χ2n) is 9.30. The number of rotatable bonds is 3. The van der Waals surface area contributed by atoms with E-state index >= 15 is 0 Å². The second-order valence-corrected chi connectivity index (χ2v) is 9.30. The normalized spacial score (nSPS) is 12.9. The van der Waals surface area contributed by atoms with E-state index in [0.717, 1.165) is 62.5 Å². The molecule has 0 amide bonds. The molecule has 3 aromatic heterocycles. The Morgan fingerprint density at radius 3 is 2.46 bits per heavy atom. The van der Waals surface area contributed by atoms with Crippen molar-refractivity contribution < 1.29 is 8.83 Å². The third-order valence-electron chi connectivity index (χ3n) is 7.08. The quantitative estimate of drug-likeness (QED) is 0.274. The number of nitrogens with one attached hydrogen (secondary N) is 1. The lowest BCUT2D eigenvalue weighted by atomic mass is 10.1. The van der Waals surface area contributed by atoms with Gasteiger partial charge in [0.2, 0.25) is 11.6 Å². The van der Waals surface area contributed by atoms with Gasteiger partial charge >= 0.3 is 0 Å². The van der Waals surface area contributed by atoms with E-state index in [1.54, 1.807) is 0 Å². The van der Waals surface area contributed by atoms with Crippen LogP contribution in [-0.4, -0.2) is 11.5 Å². The van der Waals surface area contributed by atoms with Gasteiger partial charge in [0.1, 0.15) is 17.0 Å². The van der Waals surface area contributed by atoms with Crippen LogP contribution in [0.4, 0.5) is 23.1 Å². The van der Waals surface area contributed by atoms with Gasteiger partial charge in [-0.2, -0.15) is 4.98 Å². The fourth-order valence-electron chi connectivity index (χ4n) is 5.32. The number of anilines is 4. The highest BCUT2D eigenvalue weighted by atomic mass is 16.4. The van der Waals surface area contributed by atoms with Crippen LogP contribution in [0.1, 0.15) is 5.56 Å². The lowest BCUT2D eigenvalue weighted by Crippen LogP contribution is -2.11. The average molecular weight is 480 g/mol. The minimum Gasteiger partial charge on any atom is -0.440 e. The van der Waals surface area contributed by atoms with E-state index in [-0.39, 0.29) is 0 Å². The Morgan fingerprint density at radius 2 is 1.49 bits per heavy atom. The molecule has 176 valence electrons. The van der Waals surface area contributed by atoms with Crippen LogP contribution in [0.5, 0.6) is 0 Å². The molecule has 1 N–H and O–H groups in total. The molecule has 0 bridgehead atoms. The third kappa shape index (κ3) is 3.14. The summed E-state index contributed by atoms with van der Waals surface area (Å²) in [6, 6.07) is 33.4. The maximum Gasteiger partial charge on any atom is 0.229 e. The van der Waals surface area contributed by atoms with Gasteiger partial charge in [-0.25, -0.2) is 0 Å². The predicted molar refractivity (Wildman–Crippen MR) is 151 cm³/mol. The third-order valence-corrected chi connectivity index (χ3v) is 7.08. The molecular weight excluding hydrogens is 458 g/mol. The van der Waals surface area contributed by atoms with E-state index in [4.69, 9.17) is 13.8 Å². The second kappa shape index (κ2) is 7.73. The summed E-state index contributed by atoms with van der Waals surface area (Å²) >= 11 is 0. The summed E-state index contributed by atoms with van der Waals surface area (Å²) in [6.07, 6.45) is 4.23. The van der Waals surface area contributed by atoms with Crippen molar-refractivity contribution in [2.75, 3.05) is 16.8 Å². The van der Waals surface area contributed by atoms with E-state index in [1.165, 1.54) is 10.8 Å². The van der Waals surface area contributed by atoms with Crippen LogP contribution in [0.15, 0.2) is 112 Å². The van der Waals surface area contributed by atoms with E-state index < -0.39 is 0 Å². The highest BCUT2D eigenvalue weighted by Gasteiger charge is 2.20. The molecule has 7 aromatic rings. The zero-order valence-corrected chi connectivity index (χ0v) is 19.8. The summed E-state index contributed by atoms with van der Waals surface area (Å²) < 4.78 is 12.3. The van der Waals surface area contributed by atoms with Crippen LogP contribution in [0, 0.1) is 0 Å². The van der Waals surface area contributed by atoms with Gasteiger partial charge in [0.25, 0.3) is 0 Å². The minimum atomic E-state index is 0.619. The summed E-state index contributed by atoms with van der Waals surface area (Å²) in [7, 11) is 0. The number of hydrogen-bond donors (Lipinski definition) is 1. The largest absolute Gasteiger partial charge is 0.440 e. The van der Waals surface area contributed by atoms with Crippen molar-refractivity contribution in [3.63, 3.8) is 0 Å². The van der Waals surface area contributed by atoms with Crippen molar-refractivity contribution in [3.8, 4) is 0 Å². The van der Waals surface area contributed by atoms with Crippen molar-refractivity contribution in [1.29, 1.82) is 0 Å². The van der Waals surface area contributed by atoms with Gasteiger partial charge in [0.15, 0.2) is 0 Å². The molecule has 5 heteroatoms. The molecule has 0 spiro atoms. The minimum absolute atomic E-state index is 0.619. The maximum absolute atomic E-state index is 6.21. The van der Waals surface area contributed by atoms with Gasteiger partial charge in [-0.3, -0.25) is 4.90 Å². The van der Waals surface area contributed by atoms with Crippen LogP contribution in [0.3, 0.4) is 0 Å². The zero-order chi connectivity index (χ0) is 24.3. The Labute approximate surface area is 212 Å². The zero-order valence-electron chi connectivity index (χ0n) is 19.8. The molecular formula is C32H21N3O2. The summed E-state index contributed by atoms with van der Waals surface area (Å²) in [5, 5.41) is 8.84. The first kappa shape index (κ1) is 20.2. The Kier molecular flexibility index (Phi) is 4.22. The number of benzene rings is 4. The molecule has 4 aromatic carbocycles. The maximum atomic E-state index is 6.21. The van der Waals surface area contributed by atoms with Crippen LogP contribution in [-0.2, 0) is 0 Å². The number of hydrogen-bond acceptors (Lipinski definition) is 5. The molecule has 1 aliphatic heterocycles. The van der Waals surface area contributed by atoms with E-state index in [9.17, 15) is 0 Å². The lowest BCUT2D eigenvalue weighted by Gasteiger charge is -2.24. The first-order chi connectivity index (χ1) is 18.3. The fraction of sp³-hybridized carbons (Fsp3) is 0.0312. The number of nitrogens with zero attached hydrogens (tertiary/aromatic N) is 2. The highest BCUT2D eigenvalue weighted by molar-refractivity contribution is 6.04. The Morgan fingerprint density at radius 1 is 0.676 bits per heavy atom. The van der Waals surface area contributed by atoms with Gasteiger partial charge in [-0.15, -0.1) is 0 Å². The average Bonchev–Trinajstić information content (AvgIpc) is 3.50. The molecule has 0 aliphatic carbocycles. The van der Waals surface area contributed by atoms with Gasteiger partial charge in [0, 0.05) is 40.0 Å². The lowest BCUT2D eigenvalue weighted by molar-refractivity contribution is 0.628. The Bertz CT molecular complexity index is 2010. The van der Waals surface area contributed by atoms with Gasteiger partial charge in [-0.1, -0.05) is 60.7 Å². The van der Waals surface area contributed by atoms with E-state index in [0.29, 0.717) is 5.71 Å².